The molecule has 0 bridgehead atoms. The Hall–Kier alpha value is -1.58. The molecule has 0 aromatic carbocycles. The molecule has 26 heavy (non-hydrogen) atoms. The van der Waals surface area contributed by atoms with E-state index in [4.69, 9.17) is 12.2 Å². The molecule has 0 saturated heterocycles. The quantitative estimate of drug-likeness (QED) is 0.796. The molecule has 0 spiro atoms. The Morgan fingerprint density at radius 2 is 2.31 bits per heavy atom. The lowest BCUT2D eigenvalue weighted by Gasteiger charge is -2.53. The summed E-state index contributed by atoms with van der Waals surface area (Å²) in [5, 5.41) is 11.9. The van der Waals surface area contributed by atoms with E-state index >= 15 is 0 Å². The van der Waals surface area contributed by atoms with Gasteiger partial charge in [-0.1, -0.05) is 26.7 Å². The van der Waals surface area contributed by atoms with E-state index in [9.17, 15) is 9.90 Å². The van der Waals surface area contributed by atoms with E-state index < -0.39 is 6.10 Å². The number of fused-ring (bicyclic) bond motifs is 2. The fourth-order valence-electron chi connectivity index (χ4n) is 5.31. The molecule has 6 atom stereocenters. The predicted octanol–water partition coefficient (Wildman–Crippen LogP) is 2.51. The number of hydrogen-bond donors (Lipinski definition) is 2. The number of anilines is 1. The van der Waals surface area contributed by atoms with Crippen molar-refractivity contribution in [1.82, 2.24) is 9.88 Å². The molecule has 1 amide bonds. The number of carbonyl (C=O) groups excluding carboxylic acids is 1. The van der Waals surface area contributed by atoms with Crippen molar-refractivity contribution < 1.29 is 9.90 Å². The number of aromatic nitrogens is 1. The van der Waals surface area contributed by atoms with Gasteiger partial charge in [0.05, 0.1) is 18.3 Å². The van der Waals surface area contributed by atoms with Gasteiger partial charge >= 0.3 is 0 Å². The first-order valence-electron chi connectivity index (χ1n) is 9.31. The summed E-state index contributed by atoms with van der Waals surface area (Å²) >= 11 is 1.58. The maximum atomic E-state index is 12.7. The number of aliphatic hydroxyl groups is 1. The number of rotatable bonds is 3. The number of terminal acetylenes is 1. The van der Waals surface area contributed by atoms with E-state index in [0.29, 0.717) is 11.7 Å². The van der Waals surface area contributed by atoms with Crippen molar-refractivity contribution in [3.63, 3.8) is 0 Å². The van der Waals surface area contributed by atoms with Crippen molar-refractivity contribution in [2.45, 2.75) is 52.1 Å². The van der Waals surface area contributed by atoms with Gasteiger partial charge in [0, 0.05) is 23.8 Å². The molecule has 1 aromatic rings. The zero-order chi connectivity index (χ0) is 19.2. The van der Waals surface area contributed by atoms with E-state index in [1.807, 2.05) is 6.92 Å². The summed E-state index contributed by atoms with van der Waals surface area (Å²) < 4.78 is 0. The number of aliphatic hydroxyl groups excluding tert-OH is 1. The third kappa shape index (κ3) is 3.01. The van der Waals surface area contributed by atoms with Crippen molar-refractivity contribution in [2.75, 3.05) is 19.3 Å². The molecule has 2 aliphatic rings. The van der Waals surface area contributed by atoms with Gasteiger partial charge in [-0.15, -0.1) is 17.8 Å². The molecule has 1 heterocycles. The number of nitrogen functional groups attached to an aromatic ring is 1. The molecule has 142 valence electrons. The minimum Gasteiger partial charge on any atom is -0.392 e. The average molecular weight is 376 g/mol. The SMILES string of the molecule is C#CCN(C)C(=O)[C@@H](C)[C@H]1CC[C@]2(C)Cc3sc(N)nc3[C@H](C)[C@@H]2[C@H]1O. The van der Waals surface area contributed by atoms with Gasteiger partial charge in [0.25, 0.3) is 0 Å². The van der Waals surface area contributed by atoms with Crippen LogP contribution < -0.4 is 5.73 Å². The van der Waals surface area contributed by atoms with Gasteiger partial charge in [0.1, 0.15) is 0 Å². The summed E-state index contributed by atoms with van der Waals surface area (Å²) in [6, 6.07) is 0. The summed E-state index contributed by atoms with van der Waals surface area (Å²) in [6.07, 6.45) is 7.56. The van der Waals surface area contributed by atoms with Crippen LogP contribution in [0.2, 0.25) is 0 Å². The predicted molar refractivity (Wildman–Crippen MR) is 105 cm³/mol. The largest absolute Gasteiger partial charge is 0.392 e. The van der Waals surface area contributed by atoms with Crippen LogP contribution in [0.3, 0.4) is 0 Å². The Labute approximate surface area is 160 Å². The van der Waals surface area contributed by atoms with E-state index in [2.05, 4.69) is 24.8 Å². The van der Waals surface area contributed by atoms with Gasteiger partial charge in [-0.2, -0.15) is 0 Å². The van der Waals surface area contributed by atoms with Crippen LogP contribution in [0.4, 0.5) is 5.13 Å². The Bertz CT molecular complexity index is 740. The zero-order valence-corrected chi connectivity index (χ0v) is 16.8. The topological polar surface area (TPSA) is 79.5 Å². The first-order chi connectivity index (χ1) is 12.2. The lowest BCUT2D eigenvalue weighted by Crippen LogP contribution is -2.53. The number of hydrogen-bond acceptors (Lipinski definition) is 5. The summed E-state index contributed by atoms with van der Waals surface area (Å²) in [5.74, 6) is 2.45. The monoisotopic (exact) mass is 375 g/mol. The molecule has 0 aliphatic heterocycles. The molecule has 0 unspecified atom stereocenters. The molecule has 1 aromatic heterocycles. The average Bonchev–Trinajstić information content (AvgIpc) is 2.93. The molecule has 3 rings (SSSR count). The second kappa shape index (κ2) is 6.86. The van der Waals surface area contributed by atoms with E-state index in [1.165, 1.54) is 4.88 Å². The van der Waals surface area contributed by atoms with Crippen LogP contribution >= 0.6 is 11.3 Å². The molecule has 2 aliphatic carbocycles. The van der Waals surface area contributed by atoms with E-state index in [1.54, 1.807) is 23.3 Å². The number of amides is 1. The Morgan fingerprint density at radius 1 is 1.62 bits per heavy atom. The van der Waals surface area contributed by atoms with Gasteiger partial charge in [0.2, 0.25) is 5.91 Å². The minimum atomic E-state index is -0.530. The number of carbonyl (C=O) groups is 1. The van der Waals surface area contributed by atoms with Gasteiger partial charge in [-0.3, -0.25) is 4.79 Å². The van der Waals surface area contributed by atoms with Crippen molar-refractivity contribution in [1.29, 1.82) is 0 Å². The fraction of sp³-hybridized carbons (Fsp3) is 0.700. The second-order valence-electron chi connectivity index (χ2n) is 8.39. The molecule has 3 N–H and O–H groups in total. The maximum Gasteiger partial charge on any atom is 0.226 e. The van der Waals surface area contributed by atoms with Crippen molar-refractivity contribution in [3.05, 3.63) is 10.6 Å². The summed E-state index contributed by atoms with van der Waals surface area (Å²) in [5.41, 5.74) is 7.01. The van der Waals surface area contributed by atoms with Crippen LogP contribution in [0.1, 0.15) is 50.1 Å². The van der Waals surface area contributed by atoms with Crippen LogP contribution in [0.15, 0.2) is 0 Å². The molecular weight excluding hydrogens is 346 g/mol. The fourth-order valence-corrected chi connectivity index (χ4v) is 6.45. The molecule has 5 nitrogen and oxygen atoms in total. The van der Waals surface area contributed by atoms with Gasteiger partial charge in [-0.25, -0.2) is 4.98 Å². The van der Waals surface area contributed by atoms with Crippen LogP contribution in [0, 0.1) is 35.5 Å². The molecule has 0 radical (unpaired) electrons. The number of nitrogens with two attached hydrogens (primary N) is 1. The Balaban J connectivity index is 1.86. The van der Waals surface area contributed by atoms with Crippen LogP contribution in [-0.2, 0) is 11.2 Å². The minimum absolute atomic E-state index is 0.0117. The van der Waals surface area contributed by atoms with Gasteiger partial charge in [-0.05, 0) is 36.5 Å². The third-order valence-electron chi connectivity index (χ3n) is 6.68. The number of thiazole rings is 1. The lowest BCUT2D eigenvalue weighted by atomic mass is 9.53. The van der Waals surface area contributed by atoms with Crippen LogP contribution in [0.25, 0.3) is 0 Å². The molecule has 6 heteroatoms. The molecular formula is C20H29N3O2S. The van der Waals surface area contributed by atoms with Crippen molar-refractivity contribution in [2.24, 2.45) is 23.2 Å². The van der Waals surface area contributed by atoms with Gasteiger partial charge in [0.15, 0.2) is 5.13 Å². The smallest absolute Gasteiger partial charge is 0.226 e. The first-order valence-corrected chi connectivity index (χ1v) is 10.1. The van der Waals surface area contributed by atoms with Crippen LogP contribution in [0.5, 0.6) is 0 Å². The van der Waals surface area contributed by atoms with E-state index in [-0.39, 0.29) is 35.0 Å². The maximum absolute atomic E-state index is 12.7. The summed E-state index contributed by atoms with van der Waals surface area (Å²) in [6.45, 7) is 6.63. The highest BCUT2D eigenvalue weighted by molar-refractivity contribution is 7.15. The highest BCUT2D eigenvalue weighted by atomic mass is 32.1. The van der Waals surface area contributed by atoms with Gasteiger partial charge < -0.3 is 15.7 Å². The molecule has 1 fully saturated rings. The van der Waals surface area contributed by atoms with Crippen LogP contribution in [-0.4, -0.2) is 40.6 Å². The first kappa shape index (κ1) is 19.2. The highest BCUT2D eigenvalue weighted by Gasteiger charge is 2.53. The number of nitrogens with zero attached hydrogens (tertiary/aromatic N) is 2. The standard InChI is InChI=1S/C20H29N3O2S/c1-6-9-23(5)18(25)11(2)13-7-8-20(4)10-14-16(22-19(21)26-14)12(3)15(20)17(13)24/h1,11-13,15,17,24H,7-10H2,2-5H3,(H2,21,22)/t11-,12+,13+,15+,17-,20+/m0/s1. The Kier molecular flexibility index (Phi) is 5.06. The van der Waals surface area contributed by atoms with E-state index in [0.717, 1.165) is 25.0 Å². The lowest BCUT2D eigenvalue weighted by molar-refractivity contribution is -0.142. The normalized spacial score (nSPS) is 34.3. The summed E-state index contributed by atoms with van der Waals surface area (Å²) in [7, 11) is 1.73. The third-order valence-corrected chi connectivity index (χ3v) is 7.58. The zero-order valence-electron chi connectivity index (χ0n) is 16.0. The second-order valence-corrected chi connectivity index (χ2v) is 9.50. The van der Waals surface area contributed by atoms with Crippen molar-refractivity contribution in [3.8, 4) is 12.3 Å². The van der Waals surface area contributed by atoms with Crippen molar-refractivity contribution >= 4 is 22.4 Å². The molecule has 1 saturated carbocycles. The Morgan fingerprint density at radius 3 is 2.96 bits per heavy atom. The highest BCUT2D eigenvalue weighted by Crippen LogP contribution is 2.57. The summed E-state index contributed by atoms with van der Waals surface area (Å²) in [4.78, 5) is 20.1.